The van der Waals surface area contributed by atoms with Gasteiger partial charge in [-0.25, -0.2) is 9.97 Å². The molecule has 1 aromatic heterocycles. The summed E-state index contributed by atoms with van der Waals surface area (Å²) in [6, 6.07) is 8.98. The van der Waals surface area contributed by atoms with Crippen LogP contribution in [0.5, 0.6) is 5.75 Å². The van der Waals surface area contributed by atoms with Gasteiger partial charge in [0.25, 0.3) is 0 Å². The lowest BCUT2D eigenvalue weighted by Gasteiger charge is -2.22. The Morgan fingerprint density at radius 3 is 2.71 bits per heavy atom. The van der Waals surface area contributed by atoms with E-state index in [1.165, 1.54) is 5.56 Å². The highest BCUT2D eigenvalue weighted by molar-refractivity contribution is 5.80. The first-order valence-corrected chi connectivity index (χ1v) is 10.2. The van der Waals surface area contributed by atoms with Gasteiger partial charge < -0.3 is 20.3 Å². The standard InChI is InChI=1S/C21H27F3N6O/c1-3-25-20(28-12-11-27-19-26-10-8-18(29-19)21(22,23)24)30-13-9-16(14-30)15-4-6-17(31-2)7-5-15/h4-8,10,16H,3,9,11-14H2,1-2H3,(H,25,28)(H,26,27,29). The predicted molar refractivity (Wildman–Crippen MR) is 113 cm³/mol. The molecule has 3 rings (SSSR count). The van der Waals surface area contributed by atoms with E-state index in [2.05, 4.69) is 42.6 Å². The molecule has 1 aliphatic heterocycles. The van der Waals surface area contributed by atoms with Crippen LogP contribution in [-0.4, -0.2) is 60.7 Å². The minimum atomic E-state index is -4.49. The molecule has 31 heavy (non-hydrogen) atoms. The van der Waals surface area contributed by atoms with Crippen molar-refractivity contribution in [3.8, 4) is 5.75 Å². The monoisotopic (exact) mass is 436 g/mol. The number of ether oxygens (including phenoxy) is 1. The van der Waals surface area contributed by atoms with Gasteiger partial charge in [0.15, 0.2) is 5.96 Å². The quantitative estimate of drug-likeness (QED) is 0.394. The summed E-state index contributed by atoms with van der Waals surface area (Å²) in [5, 5.41) is 6.09. The summed E-state index contributed by atoms with van der Waals surface area (Å²) in [7, 11) is 1.65. The first-order valence-electron chi connectivity index (χ1n) is 10.2. The van der Waals surface area contributed by atoms with E-state index in [0.717, 1.165) is 50.0 Å². The zero-order chi connectivity index (χ0) is 22.3. The average Bonchev–Trinajstić information content (AvgIpc) is 3.26. The summed E-state index contributed by atoms with van der Waals surface area (Å²) in [5.74, 6) is 1.98. The Morgan fingerprint density at radius 1 is 1.26 bits per heavy atom. The number of alkyl halides is 3. The zero-order valence-electron chi connectivity index (χ0n) is 17.6. The number of likely N-dealkylation sites (tertiary alicyclic amines) is 1. The van der Waals surface area contributed by atoms with Gasteiger partial charge in [0, 0.05) is 38.3 Å². The molecule has 1 aliphatic rings. The molecule has 0 spiro atoms. The number of aromatic nitrogens is 2. The first-order chi connectivity index (χ1) is 14.9. The van der Waals surface area contributed by atoms with Crippen molar-refractivity contribution >= 4 is 11.9 Å². The Balaban J connectivity index is 1.55. The van der Waals surface area contributed by atoms with Crippen molar-refractivity contribution in [1.29, 1.82) is 0 Å². The van der Waals surface area contributed by atoms with Gasteiger partial charge in [-0.05, 0) is 37.1 Å². The SMILES string of the molecule is CCNC(=NCCNc1nccc(C(F)(F)F)n1)N1CCC(c2ccc(OC)cc2)C1. The zero-order valence-corrected chi connectivity index (χ0v) is 17.6. The number of anilines is 1. The summed E-state index contributed by atoms with van der Waals surface area (Å²) >= 11 is 0. The normalized spacial score (nSPS) is 17.0. The molecule has 168 valence electrons. The van der Waals surface area contributed by atoms with Gasteiger partial charge in [0.05, 0.1) is 13.7 Å². The van der Waals surface area contributed by atoms with Gasteiger partial charge in [-0.2, -0.15) is 13.2 Å². The number of halogens is 3. The molecule has 1 fully saturated rings. The van der Waals surface area contributed by atoms with Crippen LogP contribution in [0.25, 0.3) is 0 Å². The topological polar surface area (TPSA) is 74.7 Å². The highest BCUT2D eigenvalue weighted by Gasteiger charge is 2.32. The fourth-order valence-corrected chi connectivity index (χ4v) is 3.46. The Hall–Kier alpha value is -3.04. The van der Waals surface area contributed by atoms with Crippen molar-refractivity contribution in [2.75, 3.05) is 45.2 Å². The molecule has 2 aromatic rings. The molecule has 0 saturated carbocycles. The van der Waals surface area contributed by atoms with Crippen LogP contribution in [0.4, 0.5) is 19.1 Å². The fraction of sp³-hybridized carbons (Fsp3) is 0.476. The van der Waals surface area contributed by atoms with Crippen molar-refractivity contribution in [2.24, 2.45) is 4.99 Å². The van der Waals surface area contributed by atoms with E-state index in [0.29, 0.717) is 19.0 Å². The lowest BCUT2D eigenvalue weighted by Crippen LogP contribution is -2.40. The van der Waals surface area contributed by atoms with Crippen LogP contribution in [0.15, 0.2) is 41.5 Å². The molecular weight excluding hydrogens is 409 g/mol. The Morgan fingerprint density at radius 2 is 2.03 bits per heavy atom. The van der Waals surface area contributed by atoms with Crippen LogP contribution in [0.3, 0.4) is 0 Å². The Kier molecular flexibility index (Phi) is 7.54. The van der Waals surface area contributed by atoms with E-state index >= 15 is 0 Å². The molecule has 10 heteroatoms. The van der Waals surface area contributed by atoms with E-state index in [9.17, 15) is 13.2 Å². The number of hydrogen-bond acceptors (Lipinski definition) is 5. The van der Waals surface area contributed by atoms with E-state index in [1.807, 2.05) is 19.1 Å². The second-order valence-electron chi connectivity index (χ2n) is 7.13. The number of rotatable bonds is 7. The summed E-state index contributed by atoms with van der Waals surface area (Å²) in [6.45, 7) is 5.17. The third kappa shape index (κ3) is 6.22. The Bertz CT molecular complexity index is 872. The predicted octanol–water partition coefficient (Wildman–Crippen LogP) is 3.37. The molecule has 0 radical (unpaired) electrons. The van der Waals surface area contributed by atoms with Gasteiger partial charge in [-0.15, -0.1) is 0 Å². The largest absolute Gasteiger partial charge is 0.497 e. The molecule has 1 atom stereocenters. The van der Waals surface area contributed by atoms with E-state index in [1.54, 1.807) is 7.11 Å². The molecule has 0 aliphatic carbocycles. The second-order valence-corrected chi connectivity index (χ2v) is 7.13. The summed E-state index contributed by atoms with van der Waals surface area (Å²) in [6.07, 6.45) is -2.38. The van der Waals surface area contributed by atoms with Crippen LogP contribution in [0.1, 0.15) is 30.5 Å². The van der Waals surface area contributed by atoms with Crippen molar-refractivity contribution in [2.45, 2.75) is 25.4 Å². The smallest absolute Gasteiger partial charge is 0.433 e. The lowest BCUT2D eigenvalue weighted by molar-refractivity contribution is -0.141. The fourth-order valence-electron chi connectivity index (χ4n) is 3.46. The maximum absolute atomic E-state index is 12.8. The molecule has 7 nitrogen and oxygen atoms in total. The van der Waals surface area contributed by atoms with Crippen LogP contribution in [0.2, 0.25) is 0 Å². The number of nitrogens with zero attached hydrogens (tertiary/aromatic N) is 4. The minimum absolute atomic E-state index is 0.0595. The van der Waals surface area contributed by atoms with Crippen molar-refractivity contribution < 1.29 is 17.9 Å². The third-order valence-electron chi connectivity index (χ3n) is 5.01. The summed E-state index contributed by atoms with van der Waals surface area (Å²) < 4.78 is 43.5. The number of guanidine groups is 1. The highest BCUT2D eigenvalue weighted by Crippen LogP contribution is 2.29. The van der Waals surface area contributed by atoms with Gasteiger partial charge in [-0.3, -0.25) is 4.99 Å². The van der Waals surface area contributed by atoms with Gasteiger partial charge in [0.2, 0.25) is 5.95 Å². The molecule has 0 amide bonds. The van der Waals surface area contributed by atoms with E-state index in [-0.39, 0.29) is 5.95 Å². The van der Waals surface area contributed by atoms with Gasteiger partial charge in [0.1, 0.15) is 11.4 Å². The molecular formula is C21H27F3N6O. The van der Waals surface area contributed by atoms with Crippen LogP contribution in [-0.2, 0) is 6.18 Å². The molecule has 1 aromatic carbocycles. The van der Waals surface area contributed by atoms with E-state index in [4.69, 9.17) is 4.74 Å². The van der Waals surface area contributed by atoms with Gasteiger partial charge in [-0.1, -0.05) is 12.1 Å². The third-order valence-corrected chi connectivity index (χ3v) is 5.01. The molecule has 2 heterocycles. The molecule has 1 unspecified atom stereocenters. The highest BCUT2D eigenvalue weighted by atomic mass is 19.4. The van der Waals surface area contributed by atoms with Crippen molar-refractivity contribution in [1.82, 2.24) is 20.2 Å². The van der Waals surface area contributed by atoms with Gasteiger partial charge >= 0.3 is 6.18 Å². The van der Waals surface area contributed by atoms with Crippen LogP contribution in [0, 0.1) is 0 Å². The Labute approximate surface area is 179 Å². The van der Waals surface area contributed by atoms with Crippen molar-refractivity contribution in [3.63, 3.8) is 0 Å². The first kappa shape index (κ1) is 22.6. The number of benzene rings is 1. The summed E-state index contributed by atoms with van der Waals surface area (Å²) in [4.78, 5) is 14.1. The van der Waals surface area contributed by atoms with Crippen LogP contribution >= 0.6 is 0 Å². The summed E-state index contributed by atoms with van der Waals surface area (Å²) in [5.41, 5.74) is 0.297. The maximum atomic E-state index is 12.8. The number of nitrogens with one attached hydrogen (secondary N) is 2. The minimum Gasteiger partial charge on any atom is -0.497 e. The number of hydrogen-bond donors (Lipinski definition) is 2. The lowest BCUT2D eigenvalue weighted by atomic mass is 9.98. The van der Waals surface area contributed by atoms with Crippen LogP contribution < -0.4 is 15.4 Å². The second kappa shape index (κ2) is 10.3. The maximum Gasteiger partial charge on any atom is 0.433 e. The average molecular weight is 436 g/mol. The van der Waals surface area contributed by atoms with E-state index < -0.39 is 11.9 Å². The number of methoxy groups -OCH3 is 1. The van der Waals surface area contributed by atoms with Crippen molar-refractivity contribution in [3.05, 3.63) is 47.8 Å². The molecule has 0 bridgehead atoms. The number of aliphatic imine (C=N–C) groups is 1. The molecule has 1 saturated heterocycles. The molecule has 2 N–H and O–H groups in total.